The molecule has 0 aliphatic carbocycles. The minimum absolute atomic E-state index is 0.227. The van der Waals surface area contributed by atoms with Gasteiger partial charge in [-0.1, -0.05) is 0 Å². The summed E-state index contributed by atoms with van der Waals surface area (Å²) in [5.41, 5.74) is 0.689. The van der Waals surface area contributed by atoms with Crippen molar-refractivity contribution in [2.24, 2.45) is 0 Å². The molecule has 1 aliphatic rings. The smallest absolute Gasteiger partial charge is 0.254 e. The molecule has 1 saturated heterocycles. The Morgan fingerprint density at radius 2 is 2.22 bits per heavy atom. The van der Waals surface area contributed by atoms with Crippen LogP contribution in [0.2, 0.25) is 0 Å². The van der Waals surface area contributed by atoms with Crippen LogP contribution in [-0.4, -0.2) is 29.5 Å². The molecule has 0 atom stereocenters. The van der Waals surface area contributed by atoms with Crippen LogP contribution in [0.4, 0.5) is 0 Å². The second kappa shape index (κ2) is 5.15. The third-order valence-corrected chi connectivity index (χ3v) is 3.16. The fourth-order valence-corrected chi connectivity index (χ4v) is 2.09. The summed E-state index contributed by atoms with van der Waals surface area (Å²) in [6.45, 7) is 3.38. The third kappa shape index (κ3) is 2.66. The van der Waals surface area contributed by atoms with Gasteiger partial charge in [-0.25, -0.2) is 0 Å². The van der Waals surface area contributed by atoms with E-state index in [1.165, 1.54) is 6.20 Å². The molecule has 1 aliphatic heterocycles. The van der Waals surface area contributed by atoms with E-state index in [0.717, 1.165) is 18.7 Å². The SMILES string of the molecule is Cc1cncc(C(=O)NC2(C#N)CCNCC2)c1. The molecule has 5 nitrogen and oxygen atoms in total. The minimum Gasteiger partial charge on any atom is -0.334 e. The van der Waals surface area contributed by atoms with Crippen LogP contribution >= 0.6 is 0 Å². The van der Waals surface area contributed by atoms with Crippen molar-refractivity contribution in [3.63, 3.8) is 0 Å². The van der Waals surface area contributed by atoms with Gasteiger partial charge >= 0.3 is 0 Å². The van der Waals surface area contributed by atoms with E-state index in [2.05, 4.69) is 21.7 Å². The Morgan fingerprint density at radius 1 is 1.50 bits per heavy atom. The van der Waals surface area contributed by atoms with Gasteiger partial charge in [-0.15, -0.1) is 0 Å². The highest BCUT2D eigenvalue weighted by atomic mass is 16.1. The van der Waals surface area contributed by atoms with Gasteiger partial charge in [-0.3, -0.25) is 9.78 Å². The zero-order chi connectivity index (χ0) is 13.0. The summed E-state index contributed by atoms with van der Waals surface area (Å²) in [4.78, 5) is 16.1. The lowest BCUT2D eigenvalue weighted by Gasteiger charge is -2.32. The van der Waals surface area contributed by atoms with Crippen LogP contribution in [-0.2, 0) is 0 Å². The van der Waals surface area contributed by atoms with E-state index >= 15 is 0 Å². The summed E-state index contributed by atoms with van der Waals surface area (Å²) in [5, 5.41) is 15.3. The molecule has 1 fully saturated rings. The largest absolute Gasteiger partial charge is 0.334 e. The molecule has 0 spiro atoms. The first-order valence-corrected chi connectivity index (χ1v) is 6.01. The lowest BCUT2D eigenvalue weighted by Crippen LogP contribution is -2.53. The second-order valence-electron chi connectivity index (χ2n) is 4.65. The summed E-state index contributed by atoms with van der Waals surface area (Å²) in [5.74, 6) is -0.227. The van der Waals surface area contributed by atoms with Crippen LogP contribution < -0.4 is 10.6 Å². The Kier molecular flexibility index (Phi) is 3.58. The lowest BCUT2D eigenvalue weighted by molar-refractivity contribution is 0.0905. The van der Waals surface area contributed by atoms with E-state index in [9.17, 15) is 10.1 Å². The average Bonchev–Trinajstić information content (AvgIpc) is 2.40. The molecule has 2 rings (SSSR count). The molecule has 5 heteroatoms. The summed E-state index contributed by atoms with van der Waals surface area (Å²) in [6.07, 6.45) is 4.48. The van der Waals surface area contributed by atoms with Gasteiger partial charge in [-0.2, -0.15) is 5.26 Å². The van der Waals surface area contributed by atoms with Crippen LogP contribution in [0.1, 0.15) is 28.8 Å². The maximum Gasteiger partial charge on any atom is 0.254 e. The molecule has 1 amide bonds. The minimum atomic E-state index is -0.744. The van der Waals surface area contributed by atoms with Gasteiger partial charge in [0.1, 0.15) is 5.54 Å². The van der Waals surface area contributed by atoms with Crippen molar-refractivity contribution in [2.45, 2.75) is 25.3 Å². The number of nitrogens with zero attached hydrogens (tertiary/aromatic N) is 2. The second-order valence-corrected chi connectivity index (χ2v) is 4.65. The van der Waals surface area contributed by atoms with Crippen LogP contribution in [0.15, 0.2) is 18.5 Å². The van der Waals surface area contributed by atoms with Crippen LogP contribution in [0.3, 0.4) is 0 Å². The van der Waals surface area contributed by atoms with Gasteiger partial charge in [0.15, 0.2) is 0 Å². The summed E-state index contributed by atoms with van der Waals surface area (Å²) < 4.78 is 0. The molecule has 18 heavy (non-hydrogen) atoms. The highest BCUT2D eigenvalue weighted by Crippen LogP contribution is 2.18. The maximum atomic E-state index is 12.1. The predicted molar refractivity (Wildman–Crippen MR) is 66.9 cm³/mol. The van der Waals surface area contributed by atoms with E-state index < -0.39 is 5.54 Å². The average molecular weight is 244 g/mol. The Hall–Kier alpha value is -1.93. The van der Waals surface area contributed by atoms with Gasteiger partial charge in [0.05, 0.1) is 11.6 Å². The lowest BCUT2D eigenvalue weighted by atomic mass is 9.89. The number of carbonyl (C=O) groups excluding carboxylic acids is 1. The first kappa shape index (κ1) is 12.5. The maximum absolute atomic E-state index is 12.1. The molecule has 0 saturated carbocycles. The number of pyridine rings is 1. The molecule has 0 unspecified atom stereocenters. The van der Waals surface area contributed by atoms with Crippen molar-refractivity contribution in [2.75, 3.05) is 13.1 Å². The quantitative estimate of drug-likeness (QED) is 0.805. The Bertz CT molecular complexity index is 486. The van der Waals surface area contributed by atoms with Crippen LogP contribution in [0.25, 0.3) is 0 Å². The van der Waals surface area contributed by atoms with E-state index in [4.69, 9.17) is 0 Å². The number of piperidine rings is 1. The first-order chi connectivity index (χ1) is 8.65. The molecule has 94 valence electrons. The number of hydrogen-bond acceptors (Lipinski definition) is 4. The highest BCUT2D eigenvalue weighted by molar-refractivity contribution is 5.94. The van der Waals surface area contributed by atoms with Crippen LogP contribution in [0.5, 0.6) is 0 Å². The first-order valence-electron chi connectivity index (χ1n) is 6.01. The molecule has 2 heterocycles. The summed E-state index contributed by atoms with van der Waals surface area (Å²) in [6, 6.07) is 4.01. The number of aryl methyl sites for hydroxylation is 1. The topological polar surface area (TPSA) is 77.8 Å². The Labute approximate surface area is 106 Å². The van der Waals surface area contributed by atoms with Crippen molar-refractivity contribution >= 4 is 5.91 Å². The number of rotatable bonds is 2. The predicted octanol–water partition coefficient (Wildman–Crippen LogP) is 0.766. The van der Waals surface area contributed by atoms with Gasteiger partial charge in [0, 0.05) is 12.4 Å². The number of aromatic nitrogens is 1. The summed E-state index contributed by atoms with van der Waals surface area (Å²) >= 11 is 0. The van der Waals surface area contributed by atoms with E-state index in [1.807, 2.05) is 6.92 Å². The normalized spacial score (nSPS) is 17.8. The molecule has 1 aromatic rings. The van der Waals surface area contributed by atoms with Crippen molar-refractivity contribution < 1.29 is 4.79 Å². The fraction of sp³-hybridized carbons (Fsp3) is 0.462. The number of amides is 1. The molecular formula is C13H16N4O. The van der Waals surface area contributed by atoms with Crippen molar-refractivity contribution in [3.05, 3.63) is 29.6 Å². The molecule has 0 bridgehead atoms. The van der Waals surface area contributed by atoms with Gasteiger partial charge in [-0.05, 0) is 44.5 Å². The highest BCUT2D eigenvalue weighted by Gasteiger charge is 2.33. The molecule has 0 aromatic carbocycles. The molecular weight excluding hydrogens is 228 g/mol. The van der Waals surface area contributed by atoms with E-state index in [-0.39, 0.29) is 5.91 Å². The molecule has 1 aromatic heterocycles. The number of hydrogen-bond donors (Lipinski definition) is 2. The van der Waals surface area contributed by atoms with Gasteiger partial charge in [0.2, 0.25) is 0 Å². The number of nitriles is 1. The fourth-order valence-electron chi connectivity index (χ4n) is 2.09. The van der Waals surface area contributed by atoms with Crippen molar-refractivity contribution in [1.29, 1.82) is 5.26 Å². The zero-order valence-corrected chi connectivity index (χ0v) is 10.4. The van der Waals surface area contributed by atoms with E-state index in [0.29, 0.717) is 18.4 Å². The number of carbonyl (C=O) groups is 1. The Balaban J connectivity index is 2.13. The molecule has 2 N–H and O–H groups in total. The zero-order valence-electron chi connectivity index (χ0n) is 10.4. The van der Waals surface area contributed by atoms with E-state index in [1.54, 1.807) is 12.3 Å². The standard InChI is InChI=1S/C13H16N4O/c1-10-6-11(8-16-7-10)12(18)17-13(9-14)2-4-15-5-3-13/h6-8,15H,2-5H2,1H3,(H,17,18). The third-order valence-electron chi connectivity index (χ3n) is 3.16. The summed E-state index contributed by atoms with van der Waals surface area (Å²) in [7, 11) is 0. The monoisotopic (exact) mass is 244 g/mol. The van der Waals surface area contributed by atoms with Gasteiger partial charge < -0.3 is 10.6 Å². The van der Waals surface area contributed by atoms with Crippen molar-refractivity contribution in [1.82, 2.24) is 15.6 Å². The van der Waals surface area contributed by atoms with Crippen LogP contribution in [0, 0.1) is 18.3 Å². The molecule has 0 radical (unpaired) electrons. The van der Waals surface area contributed by atoms with Gasteiger partial charge in [0.25, 0.3) is 5.91 Å². The van der Waals surface area contributed by atoms with Crippen molar-refractivity contribution in [3.8, 4) is 6.07 Å². The number of nitrogens with one attached hydrogen (secondary N) is 2. The Morgan fingerprint density at radius 3 is 2.83 bits per heavy atom.